The number of nitrogens with zero attached hydrogens (tertiary/aromatic N) is 4. The van der Waals surface area contributed by atoms with Crippen LogP contribution in [0.5, 0.6) is 5.75 Å². The number of halogens is 2. The summed E-state index contributed by atoms with van der Waals surface area (Å²) in [5.41, 5.74) is 6.31. The molecular formula is C25H27ClFN7O3. The highest BCUT2D eigenvalue weighted by Crippen LogP contribution is 2.30. The average Bonchev–Trinajstić information content (AvgIpc) is 3.37. The highest BCUT2D eigenvalue weighted by atomic mass is 35.5. The molecule has 194 valence electrons. The molecule has 1 atom stereocenters. The maximum Gasteiger partial charge on any atom is 0.254 e. The average molecular weight is 528 g/mol. The lowest BCUT2D eigenvalue weighted by Gasteiger charge is -2.21. The molecule has 1 aliphatic heterocycles. The van der Waals surface area contributed by atoms with E-state index in [-0.39, 0.29) is 40.6 Å². The molecule has 0 radical (unpaired) electrons. The maximum absolute atomic E-state index is 14.4. The predicted octanol–water partition coefficient (Wildman–Crippen LogP) is 3.15. The van der Waals surface area contributed by atoms with Crippen molar-refractivity contribution < 1.29 is 18.7 Å². The van der Waals surface area contributed by atoms with Crippen LogP contribution >= 0.6 is 11.6 Å². The van der Waals surface area contributed by atoms with Gasteiger partial charge in [-0.3, -0.25) is 19.5 Å². The van der Waals surface area contributed by atoms with Gasteiger partial charge in [-0.1, -0.05) is 11.6 Å². The van der Waals surface area contributed by atoms with Gasteiger partial charge in [-0.2, -0.15) is 0 Å². The largest absolute Gasteiger partial charge is 0.491 e. The van der Waals surface area contributed by atoms with Crippen molar-refractivity contribution in [2.75, 3.05) is 32.1 Å². The van der Waals surface area contributed by atoms with Crippen LogP contribution in [0.3, 0.4) is 0 Å². The first-order valence-corrected chi connectivity index (χ1v) is 12.1. The second kappa shape index (κ2) is 11.9. The second-order valence-electron chi connectivity index (χ2n) is 8.49. The fourth-order valence-electron chi connectivity index (χ4n) is 4.22. The number of likely N-dealkylation sites (tertiary alicyclic amines) is 1. The Morgan fingerprint density at radius 3 is 2.92 bits per heavy atom. The molecule has 0 aliphatic carbocycles. The van der Waals surface area contributed by atoms with Gasteiger partial charge in [0, 0.05) is 30.5 Å². The van der Waals surface area contributed by atoms with E-state index in [1.54, 1.807) is 6.07 Å². The number of aromatic nitrogens is 3. The molecule has 1 fully saturated rings. The van der Waals surface area contributed by atoms with Crippen LogP contribution < -0.4 is 21.1 Å². The number of carbonyl (C=O) groups excluding carboxylic acids is 2. The molecule has 0 bridgehead atoms. The highest BCUT2D eigenvalue weighted by molar-refractivity contribution is 6.30. The third kappa shape index (κ3) is 6.30. The minimum absolute atomic E-state index is 0.0968. The van der Waals surface area contributed by atoms with E-state index < -0.39 is 5.82 Å². The van der Waals surface area contributed by atoms with E-state index in [4.69, 9.17) is 22.1 Å². The van der Waals surface area contributed by atoms with Crippen LogP contribution in [-0.4, -0.2) is 64.5 Å². The molecule has 4 N–H and O–H groups in total. The van der Waals surface area contributed by atoms with Gasteiger partial charge in [-0.05, 0) is 50.1 Å². The number of nitrogens with one attached hydrogen (secondary N) is 2. The summed E-state index contributed by atoms with van der Waals surface area (Å²) in [5, 5.41) is 6.30. The predicted molar refractivity (Wildman–Crippen MR) is 137 cm³/mol. The number of primary amides is 1. The van der Waals surface area contributed by atoms with E-state index in [1.165, 1.54) is 43.9 Å². The standard InChI is InChI=1S/C25H27ClFN7O3/c1-37-21-14-31-23(16-12-15(26)5-6-18(16)27)33-24(21)32-19-7-9-29-13-17(19)25(36)30-8-3-11-34-10-2-4-20(34)22(28)35/h5-7,9,12-14,20H,2-4,8,10-11H2,1H3,(H2,28,35)(H,30,36)(H,29,31,32,33)/t20-/m0/s1. The summed E-state index contributed by atoms with van der Waals surface area (Å²) in [4.78, 5) is 39.2. The molecule has 1 saturated heterocycles. The first kappa shape index (κ1) is 26.2. The number of rotatable bonds is 10. The molecule has 2 aromatic heterocycles. The van der Waals surface area contributed by atoms with Gasteiger partial charge in [0.25, 0.3) is 5.91 Å². The number of anilines is 2. The summed E-state index contributed by atoms with van der Waals surface area (Å²) in [6, 6.07) is 5.49. The van der Waals surface area contributed by atoms with Crippen molar-refractivity contribution in [3.8, 4) is 17.1 Å². The number of methoxy groups -OCH3 is 1. The van der Waals surface area contributed by atoms with Crippen molar-refractivity contribution in [2.24, 2.45) is 5.73 Å². The number of nitrogens with two attached hydrogens (primary N) is 1. The van der Waals surface area contributed by atoms with Crippen LogP contribution in [0.25, 0.3) is 11.4 Å². The van der Waals surface area contributed by atoms with E-state index >= 15 is 0 Å². The summed E-state index contributed by atoms with van der Waals surface area (Å²) in [6.07, 6.45) is 6.73. The molecule has 3 aromatic rings. The van der Waals surface area contributed by atoms with Crippen molar-refractivity contribution in [3.05, 3.63) is 59.3 Å². The molecule has 1 aromatic carbocycles. The number of amides is 2. The van der Waals surface area contributed by atoms with Crippen LogP contribution in [0.4, 0.5) is 15.9 Å². The number of pyridine rings is 1. The van der Waals surface area contributed by atoms with Crippen LogP contribution in [0, 0.1) is 5.82 Å². The van der Waals surface area contributed by atoms with E-state index in [1.807, 2.05) is 4.90 Å². The van der Waals surface area contributed by atoms with Crippen molar-refractivity contribution >= 4 is 34.9 Å². The van der Waals surface area contributed by atoms with Crippen molar-refractivity contribution in [3.63, 3.8) is 0 Å². The summed E-state index contributed by atoms with van der Waals surface area (Å²) in [6.45, 7) is 1.89. The molecule has 3 heterocycles. The fraction of sp³-hybridized carbons (Fsp3) is 0.320. The lowest BCUT2D eigenvalue weighted by Crippen LogP contribution is -2.41. The number of benzene rings is 1. The summed E-state index contributed by atoms with van der Waals surface area (Å²) >= 11 is 6.02. The summed E-state index contributed by atoms with van der Waals surface area (Å²) < 4.78 is 19.8. The minimum Gasteiger partial charge on any atom is -0.491 e. The van der Waals surface area contributed by atoms with Gasteiger partial charge in [-0.15, -0.1) is 0 Å². The van der Waals surface area contributed by atoms with E-state index in [9.17, 15) is 14.0 Å². The molecule has 12 heteroatoms. The van der Waals surface area contributed by atoms with Gasteiger partial charge in [0.1, 0.15) is 5.82 Å². The van der Waals surface area contributed by atoms with E-state index in [2.05, 4.69) is 25.6 Å². The van der Waals surface area contributed by atoms with Gasteiger partial charge in [-0.25, -0.2) is 14.4 Å². The number of carbonyl (C=O) groups is 2. The van der Waals surface area contributed by atoms with Gasteiger partial charge in [0.15, 0.2) is 17.4 Å². The Balaban J connectivity index is 1.46. The zero-order valence-electron chi connectivity index (χ0n) is 20.2. The molecule has 10 nitrogen and oxygen atoms in total. The zero-order valence-corrected chi connectivity index (χ0v) is 21.0. The van der Waals surface area contributed by atoms with Gasteiger partial charge >= 0.3 is 0 Å². The number of ether oxygens (including phenoxy) is 1. The topological polar surface area (TPSA) is 135 Å². The minimum atomic E-state index is -0.527. The quantitative estimate of drug-likeness (QED) is 0.342. The Labute approximate surface area is 218 Å². The Morgan fingerprint density at radius 2 is 2.14 bits per heavy atom. The molecule has 37 heavy (non-hydrogen) atoms. The first-order chi connectivity index (χ1) is 17.9. The molecule has 4 rings (SSSR count). The normalized spacial score (nSPS) is 15.4. The van der Waals surface area contributed by atoms with E-state index in [0.29, 0.717) is 36.0 Å². The zero-order chi connectivity index (χ0) is 26.4. The Kier molecular flexibility index (Phi) is 8.47. The molecule has 1 aliphatic rings. The van der Waals surface area contributed by atoms with Crippen LogP contribution in [0.1, 0.15) is 29.6 Å². The second-order valence-corrected chi connectivity index (χ2v) is 8.92. The highest BCUT2D eigenvalue weighted by Gasteiger charge is 2.28. The third-order valence-corrected chi connectivity index (χ3v) is 6.30. The summed E-state index contributed by atoms with van der Waals surface area (Å²) in [5.74, 6) is -0.547. The molecule has 0 unspecified atom stereocenters. The monoisotopic (exact) mass is 527 g/mol. The van der Waals surface area contributed by atoms with Gasteiger partial charge < -0.3 is 21.1 Å². The van der Waals surface area contributed by atoms with E-state index in [0.717, 1.165) is 19.4 Å². The van der Waals surface area contributed by atoms with Crippen LogP contribution in [0.15, 0.2) is 42.9 Å². The van der Waals surface area contributed by atoms with Crippen molar-refractivity contribution in [1.29, 1.82) is 0 Å². The Bertz CT molecular complexity index is 1290. The van der Waals surface area contributed by atoms with Gasteiger partial charge in [0.2, 0.25) is 5.91 Å². The smallest absolute Gasteiger partial charge is 0.254 e. The number of hydrogen-bond donors (Lipinski definition) is 3. The Morgan fingerprint density at radius 1 is 1.30 bits per heavy atom. The third-order valence-electron chi connectivity index (χ3n) is 6.06. The van der Waals surface area contributed by atoms with Gasteiger partial charge in [0.05, 0.1) is 36.2 Å². The first-order valence-electron chi connectivity index (χ1n) is 11.8. The fourth-order valence-corrected chi connectivity index (χ4v) is 4.39. The maximum atomic E-state index is 14.4. The van der Waals surface area contributed by atoms with Crippen LogP contribution in [0.2, 0.25) is 5.02 Å². The molecule has 0 spiro atoms. The van der Waals surface area contributed by atoms with Crippen LogP contribution in [-0.2, 0) is 4.79 Å². The molecule has 2 amide bonds. The molecule has 0 saturated carbocycles. The Hall–Kier alpha value is -3.83. The summed E-state index contributed by atoms with van der Waals surface area (Å²) in [7, 11) is 1.45. The van der Waals surface area contributed by atoms with Crippen molar-refractivity contribution in [1.82, 2.24) is 25.2 Å². The SMILES string of the molecule is COc1cnc(-c2cc(Cl)ccc2F)nc1Nc1ccncc1C(=O)NCCCN1CCC[C@H]1C(N)=O. The van der Waals surface area contributed by atoms with Crippen molar-refractivity contribution in [2.45, 2.75) is 25.3 Å². The number of hydrogen-bond acceptors (Lipinski definition) is 8. The lowest BCUT2D eigenvalue weighted by atomic mass is 10.2. The molecular weight excluding hydrogens is 501 g/mol. The lowest BCUT2D eigenvalue weighted by molar-refractivity contribution is -0.122.